The second-order valence-corrected chi connectivity index (χ2v) is 4.30. The Hall–Kier alpha value is -2.28. The smallest absolute Gasteiger partial charge is 0.255 e. The number of amides is 1. The summed E-state index contributed by atoms with van der Waals surface area (Å²) in [6, 6.07) is 4.66. The number of carbonyl (C=O) groups is 1. The Morgan fingerprint density at radius 2 is 1.89 bits per heavy atom. The molecule has 0 aliphatic heterocycles. The van der Waals surface area contributed by atoms with Gasteiger partial charge in [0.15, 0.2) is 5.96 Å². The Bertz CT molecular complexity index is 548. The van der Waals surface area contributed by atoms with E-state index < -0.39 is 0 Å². The van der Waals surface area contributed by atoms with Gasteiger partial charge in [-0.3, -0.25) is 4.79 Å². The fourth-order valence-electron chi connectivity index (χ4n) is 1.30. The van der Waals surface area contributed by atoms with Crippen LogP contribution in [0, 0.1) is 0 Å². The van der Waals surface area contributed by atoms with Crippen LogP contribution in [-0.4, -0.2) is 36.8 Å². The summed E-state index contributed by atoms with van der Waals surface area (Å²) in [5.74, 6) is -0.605. The highest BCUT2D eigenvalue weighted by Crippen LogP contribution is 2.24. The molecular formula is C11H15ClN6O. The molecule has 0 aliphatic carbocycles. The molecule has 0 bridgehead atoms. The number of nitrogens with zero attached hydrogens (tertiary/aromatic N) is 3. The molecule has 0 spiro atoms. The molecule has 7 nitrogen and oxygen atoms in total. The molecule has 0 saturated heterocycles. The van der Waals surface area contributed by atoms with Crippen LogP contribution >= 0.6 is 11.6 Å². The molecule has 1 amide bonds. The summed E-state index contributed by atoms with van der Waals surface area (Å²) in [5.41, 5.74) is 16.6. The van der Waals surface area contributed by atoms with Gasteiger partial charge >= 0.3 is 0 Å². The largest absolute Gasteiger partial charge is 0.370 e. The van der Waals surface area contributed by atoms with Crippen LogP contribution in [0.4, 0.5) is 5.69 Å². The molecule has 0 aliphatic rings. The van der Waals surface area contributed by atoms with Crippen molar-refractivity contribution in [3.63, 3.8) is 0 Å². The minimum absolute atomic E-state index is 0.157. The Morgan fingerprint density at radius 3 is 2.42 bits per heavy atom. The van der Waals surface area contributed by atoms with Gasteiger partial charge in [-0.15, -0.1) is 0 Å². The number of rotatable bonds is 2. The van der Waals surface area contributed by atoms with Gasteiger partial charge in [-0.05, 0) is 18.2 Å². The molecule has 0 saturated carbocycles. The van der Waals surface area contributed by atoms with Crippen LogP contribution in [0.3, 0.4) is 0 Å². The van der Waals surface area contributed by atoms with Gasteiger partial charge in [-0.1, -0.05) is 11.6 Å². The van der Waals surface area contributed by atoms with Gasteiger partial charge in [0.05, 0.1) is 11.3 Å². The van der Waals surface area contributed by atoms with E-state index in [4.69, 9.17) is 28.8 Å². The fraction of sp³-hybridized carbons (Fsp3) is 0.182. The Kier molecular flexibility index (Phi) is 4.71. The highest BCUT2D eigenvalue weighted by atomic mass is 35.5. The number of hydrogen-bond acceptors (Lipinski definition) is 2. The molecule has 0 heterocycles. The van der Waals surface area contributed by atoms with Crippen molar-refractivity contribution >= 4 is 35.1 Å². The number of hydrogen-bond donors (Lipinski definition) is 3. The van der Waals surface area contributed by atoms with E-state index in [1.807, 2.05) is 0 Å². The van der Waals surface area contributed by atoms with Crippen LogP contribution in [0.25, 0.3) is 0 Å². The number of nitrogens with two attached hydrogens (primary N) is 3. The molecule has 0 radical (unpaired) electrons. The average Bonchev–Trinajstić information content (AvgIpc) is 2.26. The first-order valence-electron chi connectivity index (χ1n) is 5.26. The number of benzene rings is 1. The number of guanidine groups is 2. The van der Waals surface area contributed by atoms with Crippen LogP contribution in [0.15, 0.2) is 28.2 Å². The molecule has 0 atom stereocenters. The van der Waals surface area contributed by atoms with Gasteiger partial charge in [0.25, 0.3) is 5.91 Å². The molecule has 0 fully saturated rings. The van der Waals surface area contributed by atoms with Crippen molar-refractivity contribution in [2.24, 2.45) is 27.2 Å². The monoisotopic (exact) mass is 282 g/mol. The van der Waals surface area contributed by atoms with Gasteiger partial charge in [0, 0.05) is 19.1 Å². The normalized spacial score (nSPS) is 11.0. The van der Waals surface area contributed by atoms with E-state index in [1.165, 1.54) is 11.0 Å². The third-order valence-electron chi connectivity index (χ3n) is 2.08. The molecular weight excluding hydrogens is 268 g/mol. The van der Waals surface area contributed by atoms with Crippen molar-refractivity contribution in [2.45, 2.75) is 0 Å². The summed E-state index contributed by atoms with van der Waals surface area (Å²) in [4.78, 5) is 20.9. The summed E-state index contributed by atoms with van der Waals surface area (Å²) in [7, 11) is 3.26. The molecule has 1 rings (SSSR count). The summed E-state index contributed by atoms with van der Waals surface area (Å²) in [5, 5.41) is 0.423. The Morgan fingerprint density at radius 1 is 1.26 bits per heavy atom. The first-order valence-corrected chi connectivity index (χ1v) is 5.64. The lowest BCUT2D eigenvalue weighted by atomic mass is 10.1. The van der Waals surface area contributed by atoms with Gasteiger partial charge in [0.1, 0.15) is 0 Å². The number of halogens is 1. The van der Waals surface area contributed by atoms with Crippen LogP contribution in [0.1, 0.15) is 10.4 Å². The lowest BCUT2D eigenvalue weighted by molar-refractivity contribution is 0.0828. The zero-order valence-corrected chi connectivity index (χ0v) is 11.3. The lowest BCUT2D eigenvalue weighted by Gasteiger charge is -2.12. The Balaban J connectivity index is 3.29. The lowest BCUT2D eigenvalue weighted by Crippen LogP contribution is -2.26. The minimum atomic E-state index is -0.229. The van der Waals surface area contributed by atoms with E-state index in [0.717, 1.165) is 0 Å². The van der Waals surface area contributed by atoms with Crippen molar-refractivity contribution in [2.75, 3.05) is 14.1 Å². The van der Waals surface area contributed by atoms with E-state index in [9.17, 15) is 4.79 Å². The van der Waals surface area contributed by atoms with Gasteiger partial charge in [-0.2, -0.15) is 4.99 Å². The Labute approximate surface area is 115 Å². The molecule has 102 valence electrons. The van der Waals surface area contributed by atoms with Crippen LogP contribution < -0.4 is 17.2 Å². The molecule has 1 aromatic carbocycles. The molecule has 1 aromatic rings. The number of aliphatic imine (C=N–C) groups is 2. The zero-order valence-electron chi connectivity index (χ0n) is 10.6. The van der Waals surface area contributed by atoms with Crippen molar-refractivity contribution in [3.8, 4) is 0 Å². The van der Waals surface area contributed by atoms with Crippen LogP contribution in [0.5, 0.6) is 0 Å². The van der Waals surface area contributed by atoms with Gasteiger partial charge in [-0.25, -0.2) is 4.99 Å². The molecule has 6 N–H and O–H groups in total. The minimum Gasteiger partial charge on any atom is -0.370 e. The maximum absolute atomic E-state index is 12.0. The standard InChI is InChI=1S/C11H15ClN6O/c1-18(2)9(19)7-4-3-6(12)5-8(7)16-11(15)17-10(13)14/h3-5H,1-2H3,(H6,13,14,15,16,17). The molecule has 8 heteroatoms. The topological polar surface area (TPSA) is 123 Å². The summed E-state index contributed by atoms with van der Waals surface area (Å²) in [6.07, 6.45) is 0. The maximum Gasteiger partial charge on any atom is 0.255 e. The third-order valence-corrected chi connectivity index (χ3v) is 2.31. The summed E-state index contributed by atoms with van der Waals surface area (Å²) < 4.78 is 0. The second kappa shape index (κ2) is 6.05. The van der Waals surface area contributed by atoms with E-state index >= 15 is 0 Å². The maximum atomic E-state index is 12.0. The molecule has 0 unspecified atom stereocenters. The SMILES string of the molecule is CN(C)C(=O)c1ccc(Cl)cc1N=C(N)N=C(N)N. The third kappa shape index (κ3) is 4.14. The van der Waals surface area contributed by atoms with Gasteiger partial charge < -0.3 is 22.1 Å². The highest BCUT2D eigenvalue weighted by Gasteiger charge is 2.13. The van der Waals surface area contributed by atoms with E-state index in [2.05, 4.69) is 9.98 Å². The second-order valence-electron chi connectivity index (χ2n) is 3.87. The predicted molar refractivity (Wildman–Crippen MR) is 76.6 cm³/mol. The van der Waals surface area contributed by atoms with Crippen molar-refractivity contribution in [1.29, 1.82) is 0 Å². The zero-order chi connectivity index (χ0) is 14.6. The quantitative estimate of drug-likeness (QED) is 0.532. The average molecular weight is 283 g/mol. The van der Waals surface area contributed by atoms with Gasteiger partial charge in [0.2, 0.25) is 5.96 Å². The molecule has 19 heavy (non-hydrogen) atoms. The number of carbonyl (C=O) groups excluding carboxylic acids is 1. The van der Waals surface area contributed by atoms with Crippen molar-refractivity contribution in [3.05, 3.63) is 28.8 Å². The first-order chi connectivity index (χ1) is 8.81. The first kappa shape index (κ1) is 14.8. The fourth-order valence-corrected chi connectivity index (χ4v) is 1.47. The van der Waals surface area contributed by atoms with Crippen LogP contribution in [-0.2, 0) is 0 Å². The predicted octanol–water partition coefficient (Wildman–Crippen LogP) is 0.261. The summed E-state index contributed by atoms with van der Waals surface area (Å²) >= 11 is 5.87. The van der Waals surface area contributed by atoms with E-state index in [0.29, 0.717) is 16.3 Å². The van der Waals surface area contributed by atoms with E-state index in [-0.39, 0.29) is 17.8 Å². The highest BCUT2D eigenvalue weighted by molar-refractivity contribution is 6.31. The summed E-state index contributed by atoms with van der Waals surface area (Å²) in [6.45, 7) is 0. The van der Waals surface area contributed by atoms with Crippen molar-refractivity contribution < 1.29 is 4.79 Å². The van der Waals surface area contributed by atoms with Crippen LogP contribution in [0.2, 0.25) is 5.02 Å². The van der Waals surface area contributed by atoms with E-state index in [1.54, 1.807) is 26.2 Å². The van der Waals surface area contributed by atoms with Crippen molar-refractivity contribution in [1.82, 2.24) is 4.90 Å². The molecule has 0 aromatic heterocycles.